The lowest BCUT2D eigenvalue weighted by molar-refractivity contribution is -0.750. The molecule has 4 aliphatic rings. The molecule has 7 heterocycles. The highest BCUT2D eigenvalue weighted by Gasteiger charge is 2.64. The van der Waals surface area contributed by atoms with Gasteiger partial charge in [0.2, 0.25) is 12.1 Å². The maximum Gasteiger partial charge on any atom is 0.498 e. The molecule has 426 valence electrons. The number of aromatic amines is 1. The Morgan fingerprint density at radius 3 is 1.72 bits per heavy atom. The van der Waals surface area contributed by atoms with Gasteiger partial charge in [-0.1, -0.05) is 6.07 Å². The van der Waals surface area contributed by atoms with Crippen molar-refractivity contribution in [3.8, 4) is 28.4 Å². The summed E-state index contributed by atoms with van der Waals surface area (Å²) in [5.74, 6) is 1.00. The van der Waals surface area contributed by atoms with Gasteiger partial charge in [0.1, 0.15) is 40.4 Å². The van der Waals surface area contributed by atoms with Crippen molar-refractivity contribution in [3.63, 3.8) is 0 Å². The van der Waals surface area contributed by atoms with Gasteiger partial charge in [0.05, 0.1) is 82.0 Å². The lowest BCUT2D eigenvalue weighted by Crippen LogP contribution is -2.41. The Balaban J connectivity index is 0.000000167. The van der Waals surface area contributed by atoms with E-state index in [9.17, 15) is 13.2 Å². The molecule has 10 rings (SSSR count). The van der Waals surface area contributed by atoms with E-state index < -0.39 is 32.3 Å². The van der Waals surface area contributed by atoms with E-state index in [1.54, 1.807) is 36.6 Å². The first-order valence-corrected chi connectivity index (χ1v) is 28.2. The molecule has 0 radical (unpaired) electrons. The molecule has 0 unspecified atom stereocenters. The van der Waals surface area contributed by atoms with Gasteiger partial charge in [0.25, 0.3) is 0 Å². The molecule has 0 amide bonds. The van der Waals surface area contributed by atoms with Crippen LogP contribution in [-0.4, -0.2) is 116 Å². The third kappa shape index (κ3) is 14.5. The maximum absolute atomic E-state index is 13.7. The quantitative estimate of drug-likeness (QED) is 0.0887. The number of likely N-dealkylation sites (tertiary alicyclic amines) is 1. The first-order chi connectivity index (χ1) is 37.0. The number of aryl methyl sites for hydroxylation is 2. The molecule has 0 aliphatic carbocycles. The van der Waals surface area contributed by atoms with E-state index in [0.717, 1.165) is 55.9 Å². The van der Waals surface area contributed by atoms with Gasteiger partial charge in [-0.3, -0.25) is 0 Å². The van der Waals surface area contributed by atoms with Crippen molar-refractivity contribution in [1.29, 1.82) is 0 Å². The van der Waals surface area contributed by atoms with Crippen LogP contribution in [0.1, 0.15) is 107 Å². The third-order valence-corrected chi connectivity index (χ3v) is 17.3. The highest BCUT2D eigenvalue weighted by molar-refractivity contribution is 9.10. The average molecular weight is 1180 g/mol. The standard InChI is InChI=1S/C24H27FN6OS.C13H18BFO3.C12H24B2O4.C7H6BrFO/c1-16-22(19-7-6-17(25)12-20(19)32-2)23-21(33-16)14-26-24(29-23)28-18-13-27-31(15-18)11-5-10-30-8-3-4-9-30;1-12(2)13(3,4)18-14(17-12)10-7-6-9(15)8-11(10)16-5;1-9(2)10(3,4)16-13(15-9)14-17-11(5,6)12(7,8)18-14;1-10-7-4-5(9)2-3-6(7)8/h6-7,12-15H,3-5,8-11H2,1-2H3,(H,26,28,29);6-8H,1-5H3;1-8H3;2-4H,1H3/p+1. The second kappa shape index (κ2) is 24.8. The zero-order chi connectivity index (χ0) is 57.9. The van der Waals surface area contributed by atoms with E-state index in [0.29, 0.717) is 28.7 Å². The number of hydrogen-bond donors (Lipinski definition) is 2. The lowest BCUT2D eigenvalue weighted by atomic mass is 9.49. The van der Waals surface area contributed by atoms with E-state index in [1.165, 1.54) is 76.5 Å². The molecule has 2 N–H and O–H groups in total. The highest BCUT2D eigenvalue weighted by Crippen LogP contribution is 2.44. The fourth-order valence-electron chi connectivity index (χ4n) is 8.93. The number of halogens is 4. The largest absolute Gasteiger partial charge is 0.498 e. The van der Waals surface area contributed by atoms with Crippen molar-refractivity contribution < 1.29 is 60.0 Å². The summed E-state index contributed by atoms with van der Waals surface area (Å²) < 4.78 is 94.3. The van der Waals surface area contributed by atoms with E-state index >= 15 is 0 Å². The molecule has 15 nitrogen and oxygen atoms in total. The zero-order valence-electron chi connectivity index (χ0n) is 48.5. The van der Waals surface area contributed by atoms with E-state index in [1.807, 2.05) is 109 Å². The van der Waals surface area contributed by atoms with Crippen molar-refractivity contribution in [3.05, 3.63) is 100.0 Å². The average Bonchev–Trinajstić information content (AvgIpc) is 4.36. The van der Waals surface area contributed by atoms with Gasteiger partial charge < -0.3 is 52.4 Å². The lowest BCUT2D eigenvalue weighted by Gasteiger charge is -2.32. The summed E-state index contributed by atoms with van der Waals surface area (Å²) >= 11 is 4.82. The minimum Gasteiger partial charge on any atom is -0.497 e. The number of rotatable bonds is 12. The SMILES string of the molecule is CC1(C)OB(B2OC(C)(C)C(C)(C)O2)OC1(C)C.COc1cc(F)ccc1-c1c(C)sc2cnc(Nc3c[nH][n+](CCCN4CCCC4)c3)nc12.COc1cc(F)ccc1B1OC(C)(C)C(C)(C)O1.COc1cc(F)ccc1Br. The van der Waals surface area contributed by atoms with Gasteiger partial charge in [-0.25, -0.2) is 23.1 Å². The maximum atomic E-state index is 13.7. The molecule has 23 heteroatoms. The normalized spacial score (nSPS) is 19.3. The molecular weight excluding hydrogens is 1100 g/mol. The predicted octanol–water partition coefficient (Wildman–Crippen LogP) is 11.6. The number of ether oxygens (including phenoxy) is 3. The van der Waals surface area contributed by atoms with Crippen LogP contribution in [0.2, 0.25) is 0 Å². The molecule has 4 saturated heterocycles. The molecule has 0 bridgehead atoms. The van der Waals surface area contributed by atoms with Gasteiger partial charge in [-0.2, -0.15) is 5.10 Å². The number of thiophene rings is 1. The van der Waals surface area contributed by atoms with Crippen LogP contribution in [0.4, 0.5) is 24.8 Å². The molecule has 4 aliphatic heterocycles. The highest BCUT2D eigenvalue weighted by atomic mass is 79.9. The van der Waals surface area contributed by atoms with Crippen molar-refractivity contribution in [2.24, 2.45) is 0 Å². The monoisotopic (exact) mass is 1180 g/mol. The summed E-state index contributed by atoms with van der Waals surface area (Å²) in [4.78, 5) is 12.9. The fraction of sp³-hybridized carbons (Fsp3) is 0.518. The van der Waals surface area contributed by atoms with Crippen LogP contribution in [-0.2, 0) is 34.5 Å². The second-order valence-corrected chi connectivity index (χ2v) is 25.0. The van der Waals surface area contributed by atoms with Crippen LogP contribution in [0.25, 0.3) is 21.3 Å². The summed E-state index contributed by atoms with van der Waals surface area (Å²) in [6.07, 6.45) is 9.57. The molecular formula is C56H76B3BrF3N6O9S+. The minimum atomic E-state index is -0.537. The van der Waals surface area contributed by atoms with Crippen LogP contribution in [0.3, 0.4) is 0 Å². The number of nitrogens with one attached hydrogen (secondary N) is 2. The smallest absolute Gasteiger partial charge is 0.497 e. The van der Waals surface area contributed by atoms with Crippen LogP contribution in [0, 0.1) is 24.4 Å². The molecule has 3 aromatic heterocycles. The van der Waals surface area contributed by atoms with Gasteiger partial charge in [-0.05, 0) is 162 Å². The molecule has 0 saturated carbocycles. The number of anilines is 2. The van der Waals surface area contributed by atoms with Crippen molar-refractivity contribution in [2.75, 3.05) is 46.3 Å². The first kappa shape index (κ1) is 61.9. The van der Waals surface area contributed by atoms with Crippen molar-refractivity contribution in [1.82, 2.24) is 20.0 Å². The molecule has 3 aromatic carbocycles. The Hall–Kier alpha value is -4.71. The Bertz CT molecular complexity index is 2970. The minimum absolute atomic E-state index is 0.292. The summed E-state index contributed by atoms with van der Waals surface area (Å²) in [5.41, 5.74) is 1.93. The first-order valence-electron chi connectivity index (χ1n) is 26.6. The van der Waals surface area contributed by atoms with E-state index in [-0.39, 0.29) is 39.9 Å². The number of hydrogen-bond acceptors (Lipinski definition) is 14. The van der Waals surface area contributed by atoms with Crippen LogP contribution in [0.15, 0.2) is 77.7 Å². The predicted molar refractivity (Wildman–Crippen MR) is 310 cm³/mol. The van der Waals surface area contributed by atoms with Gasteiger partial charge in [-0.15, -0.1) is 16.0 Å². The van der Waals surface area contributed by atoms with E-state index in [4.69, 9.17) is 47.1 Å². The van der Waals surface area contributed by atoms with Gasteiger partial charge >= 0.3 is 21.1 Å². The third-order valence-electron chi connectivity index (χ3n) is 15.6. The number of aromatic nitrogens is 4. The van der Waals surface area contributed by atoms with Crippen LogP contribution >= 0.6 is 27.3 Å². The summed E-state index contributed by atoms with van der Waals surface area (Å²) in [6.45, 7) is 30.7. The van der Waals surface area contributed by atoms with Crippen molar-refractivity contribution >= 4 is 75.7 Å². The Labute approximate surface area is 477 Å². The number of benzene rings is 3. The molecule has 4 fully saturated rings. The Morgan fingerprint density at radius 1 is 0.696 bits per heavy atom. The molecule has 0 spiro atoms. The fourth-order valence-corrected chi connectivity index (χ4v) is 10.3. The Morgan fingerprint density at radius 2 is 1.19 bits per heavy atom. The summed E-state index contributed by atoms with van der Waals surface area (Å²) in [5, 5.41) is 6.58. The molecule has 0 atom stereocenters. The second-order valence-electron chi connectivity index (χ2n) is 22.9. The van der Waals surface area contributed by atoms with Crippen molar-refractivity contribution in [2.45, 2.75) is 149 Å². The molecule has 79 heavy (non-hydrogen) atoms. The van der Waals surface area contributed by atoms with Crippen LogP contribution in [0.5, 0.6) is 17.2 Å². The number of nitrogens with zero attached hydrogens (tertiary/aromatic N) is 4. The number of methoxy groups -OCH3 is 3. The van der Waals surface area contributed by atoms with Gasteiger partial charge in [0.15, 0.2) is 6.54 Å². The van der Waals surface area contributed by atoms with Crippen LogP contribution < -0.4 is 29.7 Å². The summed E-state index contributed by atoms with van der Waals surface area (Å²) in [6, 6.07) is 13.2. The summed E-state index contributed by atoms with van der Waals surface area (Å²) in [7, 11) is 3.07. The van der Waals surface area contributed by atoms with E-state index in [2.05, 4.69) is 40.9 Å². The zero-order valence-corrected chi connectivity index (χ0v) is 50.9. The topological polar surface area (TPSA) is 144 Å². The molecule has 6 aromatic rings. The van der Waals surface area contributed by atoms with Gasteiger partial charge in [0, 0.05) is 52.6 Å². The number of fused-ring (bicyclic) bond motifs is 1. The Kier molecular flexibility index (Phi) is 19.4. The number of H-pyrrole nitrogens is 1.